The largest absolute Gasteiger partial charge is 0.478 e. The molecule has 146 valence electrons. The molecule has 0 saturated heterocycles. The van der Waals surface area contributed by atoms with Crippen LogP contribution in [0.5, 0.6) is 0 Å². The van der Waals surface area contributed by atoms with E-state index in [9.17, 15) is 18.0 Å². The smallest absolute Gasteiger partial charge is 0.335 e. The fourth-order valence-corrected chi connectivity index (χ4v) is 5.50. The highest BCUT2D eigenvalue weighted by atomic mass is 32.2. The maximum absolute atomic E-state index is 13.2. The highest BCUT2D eigenvalue weighted by Gasteiger charge is 2.32. The number of benzene rings is 2. The molecular weight excluding hydrogens is 380 g/mol. The van der Waals surface area contributed by atoms with E-state index in [0.717, 1.165) is 24.1 Å². The second-order valence-corrected chi connectivity index (χ2v) is 8.90. The van der Waals surface area contributed by atoms with Gasteiger partial charge in [0.1, 0.15) is 0 Å². The lowest BCUT2D eigenvalue weighted by Crippen LogP contribution is -2.34. The number of anilines is 2. The minimum atomic E-state index is -3.77. The first-order valence-corrected chi connectivity index (χ1v) is 10.5. The van der Waals surface area contributed by atoms with E-state index in [4.69, 9.17) is 5.11 Å². The van der Waals surface area contributed by atoms with E-state index in [2.05, 4.69) is 0 Å². The first-order valence-electron chi connectivity index (χ1n) is 9.09. The number of hydrogen-bond acceptors (Lipinski definition) is 4. The van der Waals surface area contributed by atoms with Gasteiger partial charge in [0.05, 0.1) is 16.1 Å². The Bertz CT molecular complexity index is 1090. The van der Waals surface area contributed by atoms with Crippen LogP contribution >= 0.6 is 0 Å². The predicted octanol–water partition coefficient (Wildman–Crippen LogP) is 2.44. The normalized spacial score (nSPS) is 15.9. The van der Waals surface area contributed by atoms with Crippen molar-refractivity contribution in [2.75, 3.05) is 22.3 Å². The van der Waals surface area contributed by atoms with Gasteiger partial charge in [0.2, 0.25) is 5.91 Å². The fraction of sp³-hybridized carbons (Fsp3) is 0.300. The Balaban J connectivity index is 1.71. The molecule has 0 saturated carbocycles. The molecule has 0 spiro atoms. The minimum absolute atomic E-state index is 0.0562. The number of sulfonamides is 1. The summed E-state index contributed by atoms with van der Waals surface area (Å²) in [6.45, 7) is 2.42. The lowest BCUT2D eigenvalue weighted by Gasteiger charge is -2.29. The zero-order chi connectivity index (χ0) is 20.1. The number of carbonyl (C=O) groups excluding carboxylic acids is 1. The molecule has 0 bridgehead atoms. The number of nitrogens with zero attached hydrogens (tertiary/aromatic N) is 2. The lowest BCUT2D eigenvalue weighted by molar-refractivity contribution is -0.116. The summed E-state index contributed by atoms with van der Waals surface area (Å²) in [7, 11) is -3.77. The number of rotatable bonds is 3. The number of aromatic carboxylic acids is 1. The highest BCUT2D eigenvalue weighted by Crippen LogP contribution is 2.36. The van der Waals surface area contributed by atoms with Crippen LogP contribution in [0.2, 0.25) is 0 Å². The van der Waals surface area contributed by atoms with E-state index in [1.54, 1.807) is 29.2 Å². The molecule has 4 rings (SSSR count). The second-order valence-electron chi connectivity index (χ2n) is 7.04. The summed E-state index contributed by atoms with van der Waals surface area (Å²) in [5, 5.41) is 9.13. The van der Waals surface area contributed by atoms with Crippen molar-refractivity contribution < 1.29 is 23.1 Å². The van der Waals surface area contributed by atoms with Gasteiger partial charge >= 0.3 is 5.97 Å². The van der Waals surface area contributed by atoms with Crippen LogP contribution in [0.3, 0.4) is 0 Å². The average molecular weight is 400 g/mol. The molecule has 0 fully saturated rings. The summed E-state index contributed by atoms with van der Waals surface area (Å²) in [4.78, 5) is 24.8. The average Bonchev–Trinajstić information content (AvgIpc) is 3.10. The number of amides is 1. The summed E-state index contributed by atoms with van der Waals surface area (Å²) in [5.74, 6) is -1.09. The standard InChI is InChI=1S/C20H20N2O5S/c1-13(23)21-9-2-3-14-12-17(5-7-18(14)21)28(26,27)22-10-8-15-11-16(20(24)25)4-6-19(15)22/h4-7,11-12H,2-3,8-10H2,1H3,(H,24,25). The van der Waals surface area contributed by atoms with E-state index < -0.39 is 16.0 Å². The molecular formula is C20H20N2O5S. The van der Waals surface area contributed by atoms with Crippen molar-refractivity contribution in [2.24, 2.45) is 0 Å². The first-order chi connectivity index (χ1) is 13.3. The van der Waals surface area contributed by atoms with Gasteiger partial charge in [-0.3, -0.25) is 9.10 Å². The Morgan fingerprint density at radius 2 is 1.68 bits per heavy atom. The summed E-state index contributed by atoms with van der Waals surface area (Å²) in [6, 6.07) is 9.41. The number of carboxylic acid groups (broad SMARTS) is 1. The van der Waals surface area contributed by atoms with Gasteiger partial charge in [-0.25, -0.2) is 13.2 Å². The van der Waals surface area contributed by atoms with E-state index in [-0.39, 0.29) is 22.9 Å². The summed E-state index contributed by atoms with van der Waals surface area (Å²) >= 11 is 0. The molecule has 0 aromatic heterocycles. The molecule has 2 aliphatic rings. The quantitative estimate of drug-likeness (QED) is 0.854. The van der Waals surface area contributed by atoms with Crippen LogP contribution in [-0.4, -0.2) is 38.5 Å². The van der Waals surface area contributed by atoms with Gasteiger partial charge in [-0.2, -0.15) is 0 Å². The van der Waals surface area contributed by atoms with Crippen molar-refractivity contribution >= 4 is 33.3 Å². The minimum Gasteiger partial charge on any atom is -0.478 e. The number of carboxylic acids is 1. The summed E-state index contributed by atoms with van der Waals surface area (Å²) < 4.78 is 27.8. The number of fused-ring (bicyclic) bond motifs is 2. The molecule has 2 aliphatic heterocycles. The molecule has 0 unspecified atom stereocenters. The van der Waals surface area contributed by atoms with Gasteiger partial charge in [0.25, 0.3) is 10.0 Å². The van der Waals surface area contributed by atoms with Crippen molar-refractivity contribution in [1.29, 1.82) is 0 Å². The van der Waals surface area contributed by atoms with Gasteiger partial charge in [0.15, 0.2) is 0 Å². The van der Waals surface area contributed by atoms with Gasteiger partial charge in [-0.15, -0.1) is 0 Å². The molecule has 2 aromatic rings. The van der Waals surface area contributed by atoms with Crippen LogP contribution in [-0.2, 0) is 27.7 Å². The zero-order valence-corrected chi connectivity index (χ0v) is 16.2. The van der Waals surface area contributed by atoms with Gasteiger partial charge in [-0.05, 0) is 66.8 Å². The molecule has 7 nitrogen and oxygen atoms in total. The maximum atomic E-state index is 13.2. The topological polar surface area (TPSA) is 95.0 Å². The van der Waals surface area contributed by atoms with Crippen LogP contribution in [0, 0.1) is 0 Å². The van der Waals surface area contributed by atoms with Crippen LogP contribution in [0.25, 0.3) is 0 Å². The molecule has 8 heteroatoms. The monoisotopic (exact) mass is 400 g/mol. The number of hydrogen-bond donors (Lipinski definition) is 1. The molecule has 2 heterocycles. The highest BCUT2D eigenvalue weighted by molar-refractivity contribution is 7.92. The molecule has 2 aromatic carbocycles. The number of carbonyl (C=O) groups is 2. The third kappa shape index (κ3) is 2.93. The Kier molecular flexibility index (Phi) is 4.38. The second kappa shape index (κ2) is 6.63. The predicted molar refractivity (Wildman–Crippen MR) is 104 cm³/mol. The Hall–Kier alpha value is -2.87. The summed E-state index contributed by atoms with van der Waals surface area (Å²) in [6.07, 6.45) is 1.99. The third-order valence-electron chi connectivity index (χ3n) is 5.32. The maximum Gasteiger partial charge on any atom is 0.335 e. The lowest BCUT2D eigenvalue weighted by atomic mass is 10.0. The Morgan fingerprint density at radius 1 is 0.964 bits per heavy atom. The van der Waals surface area contributed by atoms with Crippen LogP contribution in [0.15, 0.2) is 41.3 Å². The summed E-state index contributed by atoms with van der Waals surface area (Å²) in [5.41, 5.74) is 3.00. The van der Waals surface area contributed by atoms with E-state index >= 15 is 0 Å². The van der Waals surface area contributed by atoms with Crippen molar-refractivity contribution in [3.05, 3.63) is 53.1 Å². The Labute approximate surface area is 163 Å². The van der Waals surface area contributed by atoms with Crippen LogP contribution in [0.1, 0.15) is 34.8 Å². The fourth-order valence-electron chi connectivity index (χ4n) is 3.94. The first kappa shape index (κ1) is 18.5. The molecule has 0 atom stereocenters. The van der Waals surface area contributed by atoms with Crippen molar-refractivity contribution in [2.45, 2.75) is 31.1 Å². The van der Waals surface area contributed by atoms with Crippen molar-refractivity contribution in [3.63, 3.8) is 0 Å². The Morgan fingerprint density at radius 3 is 2.39 bits per heavy atom. The molecule has 28 heavy (non-hydrogen) atoms. The van der Waals surface area contributed by atoms with Crippen LogP contribution in [0.4, 0.5) is 11.4 Å². The van der Waals surface area contributed by atoms with Crippen molar-refractivity contribution in [1.82, 2.24) is 0 Å². The van der Waals surface area contributed by atoms with E-state index in [1.807, 2.05) is 0 Å². The third-order valence-corrected chi connectivity index (χ3v) is 7.13. The van der Waals surface area contributed by atoms with Gasteiger partial charge < -0.3 is 10.0 Å². The van der Waals surface area contributed by atoms with Gasteiger partial charge in [0, 0.05) is 25.7 Å². The van der Waals surface area contributed by atoms with E-state index in [0.29, 0.717) is 24.2 Å². The SMILES string of the molecule is CC(=O)N1CCCc2cc(S(=O)(=O)N3CCc4cc(C(=O)O)ccc43)ccc21. The zero-order valence-electron chi connectivity index (χ0n) is 15.4. The molecule has 0 aliphatic carbocycles. The molecule has 1 amide bonds. The molecule has 0 radical (unpaired) electrons. The van der Waals surface area contributed by atoms with Crippen LogP contribution < -0.4 is 9.21 Å². The van der Waals surface area contributed by atoms with Crippen molar-refractivity contribution in [3.8, 4) is 0 Å². The number of aryl methyl sites for hydroxylation is 1. The molecule has 1 N–H and O–H groups in total. The van der Waals surface area contributed by atoms with Gasteiger partial charge in [-0.1, -0.05) is 0 Å². The van der Waals surface area contributed by atoms with E-state index in [1.165, 1.54) is 23.4 Å².